The van der Waals surface area contributed by atoms with Crippen molar-refractivity contribution in [3.8, 4) is 5.75 Å². The molecule has 0 aromatic heterocycles. The van der Waals surface area contributed by atoms with Crippen LogP contribution in [0, 0.1) is 29.6 Å². The highest BCUT2D eigenvalue weighted by Gasteiger charge is 2.36. The van der Waals surface area contributed by atoms with Gasteiger partial charge in [0.15, 0.2) is 0 Å². The van der Waals surface area contributed by atoms with Crippen LogP contribution in [0.15, 0.2) is 24.3 Å². The largest absolute Gasteiger partial charge is 0.497 e. The summed E-state index contributed by atoms with van der Waals surface area (Å²) in [4.78, 5) is 0. The number of ether oxygens (including phenoxy) is 1. The lowest BCUT2D eigenvalue weighted by atomic mass is 9.63. The zero-order valence-corrected chi connectivity index (χ0v) is 17.7. The predicted molar refractivity (Wildman–Crippen MR) is 114 cm³/mol. The van der Waals surface area contributed by atoms with Crippen molar-refractivity contribution < 1.29 is 4.74 Å². The third kappa shape index (κ3) is 4.90. The molecule has 1 nitrogen and oxygen atoms in total. The molecule has 0 N–H and O–H groups in total. The molecule has 0 radical (unpaired) electrons. The van der Waals surface area contributed by atoms with Crippen LogP contribution in [-0.4, -0.2) is 7.11 Å². The van der Waals surface area contributed by atoms with Crippen LogP contribution in [0.3, 0.4) is 0 Å². The van der Waals surface area contributed by atoms with Crippen molar-refractivity contribution in [3.63, 3.8) is 0 Å². The van der Waals surface area contributed by atoms with Crippen molar-refractivity contribution in [1.82, 2.24) is 0 Å². The molecule has 0 spiro atoms. The molecule has 1 aromatic carbocycles. The molecule has 1 heteroatoms. The van der Waals surface area contributed by atoms with Crippen molar-refractivity contribution >= 4 is 0 Å². The lowest BCUT2D eigenvalue weighted by molar-refractivity contribution is 0.109. The second-order valence-corrected chi connectivity index (χ2v) is 10.2. The molecular weight excluding hydrogens is 328 g/mol. The number of fused-ring (bicyclic) bond motifs is 1. The molecule has 4 rings (SSSR count). The smallest absolute Gasteiger partial charge is 0.118 e. The first kappa shape index (κ1) is 19.3. The van der Waals surface area contributed by atoms with Gasteiger partial charge in [0, 0.05) is 0 Å². The van der Waals surface area contributed by atoms with E-state index in [1.54, 1.807) is 19.1 Å². The number of rotatable bonds is 5. The Morgan fingerprint density at radius 1 is 0.741 bits per heavy atom. The quantitative estimate of drug-likeness (QED) is 0.520. The van der Waals surface area contributed by atoms with E-state index < -0.39 is 0 Å². The molecule has 4 unspecified atom stereocenters. The van der Waals surface area contributed by atoms with Gasteiger partial charge in [-0.05, 0) is 85.3 Å². The minimum atomic E-state index is 0.790. The van der Waals surface area contributed by atoms with E-state index in [1.165, 1.54) is 70.6 Å². The average molecular weight is 369 g/mol. The standard InChI is InChI=1S/C26H40O/c1-19-3-5-20(6-4-19)7-8-21-9-10-25-18-24(12-11-23(25)17-21)22-13-15-26(27-2)16-14-22/h13-16,19-21,23-25H,3-12,17-18H2,1-2H3. The van der Waals surface area contributed by atoms with Gasteiger partial charge in [0.2, 0.25) is 0 Å². The van der Waals surface area contributed by atoms with E-state index in [2.05, 4.69) is 31.2 Å². The number of hydrogen-bond donors (Lipinski definition) is 0. The maximum atomic E-state index is 5.33. The number of hydrogen-bond acceptors (Lipinski definition) is 1. The lowest BCUT2D eigenvalue weighted by Crippen LogP contribution is -2.30. The Labute approximate surface area is 167 Å². The van der Waals surface area contributed by atoms with Gasteiger partial charge in [-0.3, -0.25) is 0 Å². The first-order chi connectivity index (χ1) is 13.2. The van der Waals surface area contributed by atoms with Gasteiger partial charge >= 0.3 is 0 Å². The van der Waals surface area contributed by atoms with E-state index in [0.717, 1.165) is 41.3 Å². The molecule has 27 heavy (non-hydrogen) atoms. The Morgan fingerprint density at radius 2 is 1.37 bits per heavy atom. The van der Waals surface area contributed by atoms with Crippen LogP contribution in [0.5, 0.6) is 5.75 Å². The van der Waals surface area contributed by atoms with Gasteiger partial charge in [0.1, 0.15) is 5.75 Å². The zero-order valence-electron chi connectivity index (χ0n) is 17.7. The van der Waals surface area contributed by atoms with Crippen molar-refractivity contribution in [2.75, 3.05) is 7.11 Å². The van der Waals surface area contributed by atoms with Gasteiger partial charge in [-0.1, -0.05) is 64.0 Å². The molecule has 3 aliphatic carbocycles. The molecule has 4 atom stereocenters. The molecule has 1 aromatic rings. The van der Waals surface area contributed by atoms with Crippen LogP contribution in [0.2, 0.25) is 0 Å². The summed E-state index contributed by atoms with van der Waals surface area (Å²) in [6.07, 6.45) is 18.0. The Bertz CT molecular complexity index is 568. The summed E-state index contributed by atoms with van der Waals surface area (Å²) in [5.74, 6) is 6.91. The summed E-state index contributed by atoms with van der Waals surface area (Å²) in [5.41, 5.74) is 1.54. The van der Waals surface area contributed by atoms with Crippen LogP contribution in [0.25, 0.3) is 0 Å². The first-order valence-corrected chi connectivity index (χ1v) is 11.8. The van der Waals surface area contributed by atoms with E-state index in [-0.39, 0.29) is 0 Å². The highest BCUT2D eigenvalue weighted by atomic mass is 16.5. The summed E-state index contributed by atoms with van der Waals surface area (Å²) in [6, 6.07) is 8.90. The van der Waals surface area contributed by atoms with Gasteiger partial charge in [-0.15, -0.1) is 0 Å². The Morgan fingerprint density at radius 3 is 2.11 bits per heavy atom. The van der Waals surface area contributed by atoms with E-state index in [0.29, 0.717) is 0 Å². The molecule has 0 aliphatic heterocycles. The molecule has 0 saturated heterocycles. The van der Waals surface area contributed by atoms with E-state index in [9.17, 15) is 0 Å². The topological polar surface area (TPSA) is 9.23 Å². The van der Waals surface area contributed by atoms with Crippen molar-refractivity contribution in [2.24, 2.45) is 29.6 Å². The molecule has 0 bridgehead atoms. The fourth-order valence-electron chi connectivity index (χ4n) is 6.52. The molecule has 3 aliphatic rings. The summed E-state index contributed by atoms with van der Waals surface area (Å²) in [5, 5.41) is 0. The summed E-state index contributed by atoms with van der Waals surface area (Å²) in [7, 11) is 1.76. The van der Waals surface area contributed by atoms with E-state index in [1.807, 2.05) is 0 Å². The Kier molecular flexibility index (Phi) is 6.46. The lowest BCUT2D eigenvalue weighted by Gasteiger charge is -2.42. The maximum Gasteiger partial charge on any atom is 0.118 e. The maximum absolute atomic E-state index is 5.33. The molecule has 3 saturated carbocycles. The third-order valence-electron chi connectivity index (χ3n) is 8.43. The zero-order chi connectivity index (χ0) is 18.6. The van der Waals surface area contributed by atoms with Gasteiger partial charge in [-0.2, -0.15) is 0 Å². The Balaban J connectivity index is 1.23. The third-order valence-corrected chi connectivity index (χ3v) is 8.43. The van der Waals surface area contributed by atoms with Crippen LogP contribution < -0.4 is 4.74 Å². The van der Waals surface area contributed by atoms with Crippen LogP contribution in [0.1, 0.15) is 95.5 Å². The highest BCUT2D eigenvalue weighted by Crippen LogP contribution is 2.48. The molecule has 0 amide bonds. The Hall–Kier alpha value is -0.980. The monoisotopic (exact) mass is 368 g/mol. The average Bonchev–Trinajstić information content (AvgIpc) is 2.73. The van der Waals surface area contributed by atoms with E-state index in [4.69, 9.17) is 4.74 Å². The minimum absolute atomic E-state index is 0.790. The second-order valence-electron chi connectivity index (χ2n) is 10.2. The fourth-order valence-corrected chi connectivity index (χ4v) is 6.52. The highest BCUT2D eigenvalue weighted by molar-refractivity contribution is 5.29. The van der Waals surface area contributed by atoms with Crippen LogP contribution in [0.4, 0.5) is 0 Å². The van der Waals surface area contributed by atoms with Gasteiger partial charge in [-0.25, -0.2) is 0 Å². The van der Waals surface area contributed by atoms with Gasteiger partial charge in [0.05, 0.1) is 7.11 Å². The first-order valence-electron chi connectivity index (χ1n) is 11.8. The number of benzene rings is 1. The molecule has 150 valence electrons. The molecular formula is C26H40O. The van der Waals surface area contributed by atoms with Crippen molar-refractivity contribution in [2.45, 2.75) is 89.9 Å². The van der Waals surface area contributed by atoms with Gasteiger partial charge < -0.3 is 4.74 Å². The minimum Gasteiger partial charge on any atom is -0.497 e. The van der Waals surface area contributed by atoms with Crippen LogP contribution in [-0.2, 0) is 0 Å². The molecule has 0 heterocycles. The fraction of sp³-hybridized carbons (Fsp3) is 0.769. The number of methoxy groups -OCH3 is 1. The van der Waals surface area contributed by atoms with Gasteiger partial charge in [0.25, 0.3) is 0 Å². The normalized spacial score (nSPS) is 36.8. The predicted octanol–water partition coefficient (Wildman–Crippen LogP) is 7.60. The summed E-state index contributed by atoms with van der Waals surface area (Å²) in [6.45, 7) is 2.44. The SMILES string of the molecule is COc1ccc(C2CCC3CC(CCC4CCC(C)CC4)CCC3C2)cc1. The van der Waals surface area contributed by atoms with Crippen LogP contribution >= 0.6 is 0 Å². The summed E-state index contributed by atoms with van der Waals surface area (Å²) < 4.78 is 5.33. The van der Waals surface area contributed by atoms with E-state index >= 15 is 0 Å². The molecule has 3 fully saturated rings. The van der Waals surface area contributed by atoms with Crippen molar-refractivity contribution in [1.29, 1.82) is 0 Å². The summed E-state index contributed by atoms with van der Waals surface area (Å²) >= 11 is 0. The second kappa shape index (κ2) is 9.01. The van der Waals surface area contributed by atoms with Crippen molar-refractivity contribution in [3.05, 3.63) is 29.8 Å².